The maximum atomic E-state index is 12.7. The molecule has 0 amide bonds. The first kappa shape index (κ1) is 15.5. The largest absolute Gasteiger partial charge is 0.329 e. The van der Waals surface area contributed by atoms with E-state index in [9.17, 15) is 8.42 Å². The maximum absolute atomic E-state index is 12.7. The summed E-state index contributed by atoms with van der Waals surface area (Å²) in [4.78, 5) is 0.380. The van der Waals surface area contributed by atoms with Crippen molar-refractivity contribution >= 4 is 10.0 Å². The zero-order valence-electron chi connectivity index (χ0n) is 12.2. The lowest BCUT2D eigenvalue weighted by Crippen LogP contribution is -2.42. The molecule has 1 aliphatic heterocycles. The molecule has 1 heterocycles. The Morgan fingerprint density at radius 3 is 2.50 bits per heavy atom. The second-order valence-corrected chi connectivity index (χ2v) is 7.47. The van der Waals surface area contributed by atoms with E-state index in [4.69, 9.17) is 5.73 Å². The van der Waals surface area contributed by atoms with Gasteiger partial charge < -0.3 is 5.73 Å². The molecule has 0 aliphatic carbocycles. The standard InChI is InChI=1S/C15H24N2O2S/c1-3-4-13-5-7-14(8-6-13)20(18,19)17-10-9-12(2)15(17)11-16/h5-8,12,15H,3-4,9-11,16H2,1-2H3. The molecule has 0 spiro atoms. The van der Waals surface area contributed by atoms with Crippen LogP contribution in [0.15, 0.2) is 29.2 Å². The molecule has 2 atom stereocenters. The molecule has 5 heteroatoms. The number of hydrogen-bond acceptors (Lipinski definition) is 3. The average molecular weight is 296 g/mol. The van der Waals surface area contributed by atoms with Gasteiger partial charge in [-0.25, -0.2) is 8.42 Å². The Bertz CT molecular complexity index is 539. The highest BCUT2D eigenvalue weighted by Crippen LogP contribution is 2.29. The molecule has 20 heavy (non-hydrogen) atoms. The van der Waals surface area contributed by atoms with Gasteiger partial charge in [0.2, 0.25) is 10.0 Å². The third-order valence-corrected chi connectivity index (χ3v) is 6.08. The molecule has 1 aromatic rings. The second kappa shape index (κ2) is 6.24. The third kappa shape index (κ3) is 2.90. The first-order valence-corrected chi connectivity index (χ1v) is 8.75. The van der Waals surface area contributed by atoms with Gasteiger partial charge in [-0.1, -0.05) is 32.4 Å². The molecule has 4 nitrogen and oxygen atoms in total. The fourth-order valence-corrected chi connectivity index (χ4v) is 4.62. The van der Waals surface area contributed by atoms with Gasteiger partial charge in [-0.3, -0.25) is 0 Å². The van der Waals surface area contributed by atoms with Crippen LogP contribution in [-0.2, 0) is 16.4 Å². The lowest BCUT2D eigenvalue weighted by Gasteiger charge is -2.25. The van der Waals surface area contributed by atoms with Crippen LogP contribution >= 0.6 is 0 Å². The molecule has 1 fully saturated rings. The summed E-state index contributed by atoms with van der Waals surface area (Å²) >= 11 is 0. The molecule has 1 aliphatic rings. The Hall–Kier alpha value is -0.910. The van der Waals surface area contributed by atoms with Crippen molar-refractivity contribution in [3.05, 3.63) is 29.8 Å². The molecule has 2 N–H and O–H groups in total. The van der Waals surface area contributed by atoms with E-state index in [1.54, 1.807) is 16.4 Å². The number of rotatable bonds is 5. The fraction of sp³-hybridized carbons (Fsp3) is 0.600. The van der Waals surface area contributed by atoms with Crippen LogP contribution < -0.4 is 5.73 Å². The number of nitrogens with zero attached hydrogens (tertiary/aromatic N) is 1. The van der Waals surface area contributed by atoms with Crippen molar-refractivity contribution in [2.75, 3.05) is 13.1 Å². The van der Waals surface area contributed by atoms with Crippen molar-refractivity contribution in [2.24, 2.45) is 11.7 Å². The summed E-state index contributed by atoms with van der Waals surface area (Å²) in [6.07, 6.45) is 2.92. The lowest BCUT2D eigenvalue weighted by molar-refractivity contribution is 0.354. The molecule has 2 rings (SSSR count). The first-order chi connectivity index (χ1) is 9.50. The van der Waals surface area contributed by atoms with Crippen molar-refractivity contribution < 1.29 is 8.42 Å². The Balaban J connectivity index is 2.26. The predicted octanol–water partition coefficient (Wildman–Crippen LogP) is 2.00. The Kier molecular flexibility index (Phi) is 4.83. The Morgan fingerprint density at radius 2 is 1.95 bits per heavy atom. The zero-order valence-corrected chi connectivity index (χ0v) is 13.1. The van der Waals surface area contributed by atoms with E-state index in [0.717, 1.165) is 19.3 Å². The molecule has 0 bridgehead atoms. The molecule has 1 saturated heterocycles. The summed E-state index contributed by atoms with van der Waals surface area (Å²) in [6, 6.07) is 7.18. The summed E-state index contributed by atoms with van der Waals surface area (Å²) in [6.45, 7) is 5.13. The van der Waals surface area contributed by atoms with Crippen molar-refractivity contribution in [1.82, 2.24) is 4.31 Å². The molecule has 2 unspecified atom stereocenters. The summed E-state index contributed by atoms with van der Waals surface area (Å²) in [7, 11) is -3.41. The van der Waals surface area contributed by atoms with Crippen LogP contribution in [0.25, 0.3) is 0 Å². The van der Waals surface area contributed by atoms with Gasteiger partial charge in [-0.05, 0) is 36.5 Å². The van der Waals surface area contributed by atoms with Crippen LogP contribution in [0.5, 0.6) is 0 Å². The lowest BCUT2D eigenvalue weighted by atomic mass is 10.0. The van der Waals surface area contributed by atoms with Crippen molar-refractivity contribution in [1.29, 1.82) is 0 Å². The van der Waals surface area contributed by atoms with Gasteiger partial charge in [0, 0.05) is 19.1 Å². The Labute approximate surface area is 122 Å². The number of nitrogens with two attached hydrogens (primary N) is 1. The van der Waals surface area contributed by atoms with Crippen molar-refractivity contribution in [3.63, 3.8) is 0 Å². The Morgan fingerprint density at radius 1 is 1.30 bits per heavy atom. The first-order valence-electron chi connectivity index (χ1n) is 7.31. The van der Waals surface area contributed by atoms with Crippen LogP contribution in [-0.4, -0.2) is 31.9 Å². The van der Waals surface area contributed by atoms with Crippen LogP contribution in [0.2, 0.25) is 0 Å². The van der Waals surface area contributed by atoms with Gasteiger partial charge in [0.1, 0.15) is 0 Å². The summed E-state index contributed by atoms with van der Waals surface area (Å²) in [5, 5.41) is 0. The number of aryl methyl sites for hydroxylation is 1. The van der Waals surface area contributed by atoms with Gasteiger partial charge in [0.15, 0.2) is 0 Å². The molecule has 0 radical (unpaired) electrons. The molecule has 1 aromatic carbocycles. The maximum Gasteiger partial charge on any atom is 0.243 e. The molecular formula is C15H24N2O2S. The minimum atomic E-state index is -3.41. The van der Waals surface area contributed by atoms with E-state index < -0.39 is 10.0 Å². The van der Waals surface area contributed by atoms with Crippen molar-refractivity contribution in [2.45, 2.75) is 44.0 Å². The van der Waals surface area contributed by atoms with E-state index in [-0.39, 0.29) is 6.04 Å². The van der Waals surface area contributed by atoms with Gasteiger partial charge >= 0.3 is 0 Å². The molecule has 0 aromatic heterocycles. The van der Waals surface area contributed by atoms with Crippen LogP contribution in [0.1, 0.15) is 32.3 Å². The monoisotopic (exact) mass is 296 g/mol. The van der Waals surface area contributed by atoms with Gasteiger partial charge in [-0.2, -0.15) is 4.31 Å². The average Bonchev–Trinajstić information content (AvgIpc) is 2.81. The van der Waals surface area contributed by atoms with Crippen LogP contribution in [0.3, 0.4) is 0 Å². The van der Waals surface area contributed by atoms with Crippen molar-refractivity contribution in [3.8, 4) is 0 Å². The SMILES string of the molecule is CCCc1ccc(S(=O)(=O)N2CCC(C)C2CN)cc1. The minimum absolute atomic E-state index is 0.0738. The van der Waals surface area contributed by atoms with Gasteiger partial charge in [0.05, 0.1) is 4.90 Å². The minimum Gasteiger partial charge on any atom is -0.329 e. The van der Waals surface area contributed by atoms with E-state index in [2.05, 4.69) is 13.8 Å². The van der Waals surface area contributed by atoms with E-state index in [0.29, 0.717) is 23.9 Å². The van der Waals surface area contributed by atoms with Gasteiger partial charge in [0.25, 0.3) is 0 Å². The quantitative estimate of drug-likeness (QED) is 0.904. The topological polar surface area (TPSA) is 63.4 Å². The normalized spacial score (nSPS) is 24.1. The molecule has 112 valence electrons. The highest BCUT2D eigenvalue weighted by Gasteiger charge is 2.38. The highest BCUT2D eigenvalue weighted by molar-refractivity contribution is 7.89. The number of hydrogen-bond donors (Lipinski definition) is 1. The van der Waals surface area contributed by atoms with Gasteiger partial charge in [-0.15, -0.1) is 0 Å². The van der Waals surface area contributed by atoms with Crippen LogP contribution in [0.4, 0.5) is 0 Å². The highest BCUT2D eigenvalue weighted by atomic mass is 32.2. The summed E-state index contributed by atoms with van der Waals surface area (Å²) < 4.78 is 27.0. The smallest absolute Gasteiger partial charge is 0.243 e. The predicted molar refractivity (Wildman–Crippen MR) is 81.0 cm³/mol. The molecular weight excluding hydrogens is 272 g/mol. The third-order valence-electron chi connectivity index (χ3n) is 4.14. The summed E-state index contributed by atoms with van der Waals surface area (Å²) in [5.74, 6) is 0.328. The number of benzene rings is 1. The van der Waals surface area contributed by atoms with E-state index >= 15 is 0 Å². The molecule has 0 saturated carbocycles. The van der Waals surface area contributed by atoms with Crippen LogP contribution in [0, 0.1) is 5.92 Å². The summed E-state index contributed by atoms with van der Waals surface area (Å²) in [5.41, 5.74) is 6.92. The fourth-order valence-electron chi connectivity index (χ4n) is 2.87. The second-order valence-electron chi connectivity index (χ2n) is 5.58. The number of sulfonamides is 1. The van der Waals surface area contributed by atoms with E-state index in [1.165, 1.54) is 5.56 Å². The van der Waals surface area contributed by atoms with E-state index in [1.807, 2.05) is 12.1 Å². The zero-order chi connectivity index (χ0) is 14.8.